The van der Waals surface area contributed by atoms with Crippen LogP contribution in [0.1, 0.15) is 81.4 Å². The standard InChI is InChI=1S/C25H30O4/c1-5-6-19-11-16(2)23(22(13-19)29-4)24-20(27)14-25(15-21(24)28)9-7-18(8-10-25)12-17(3)26/h11,13,18,24H,7-10,12,14-15H2,1-4H3. The van der Waals surface area contributed by atoms with E-state index in [2.05, 4.69) is 11.8 Å². The summed E-state index contributed by atoms with van der Waals surface area (Å²) in [6.45, 7) is 5.32. The van der Waals surface area contributed by atoms with Gasteiger partial charge in [0.05, 0.1) is 7.11 Å². The second kappa shape index (κ2) is 8.53. The van der Waals surface area contributed by atoms with Gasteiger partial charge in [0, 0.05) is 30.4 Å². The van der Waals surface area contributed by atoms with Gasteiger partial charge in [-0.25, -0.2) is 0 Å². The maximum absolute atomic E-state index is 13.2. The van der Waals surface area contributed by atoms with Crippen LogP contribution in [0.5, 0.6) is 5.75 Å². The minimum atomic E-state index is -0.742. The van der Waals surface area contributed by atoms with Crippen molar-refractivity contribution >= 4 is 17.3 Å². The van der Waals surface area contributed by atoms with Crippen LogP contribution in [-0.2, 0) is 14.4 Å². The first-order valence-corrected chi connectivity index (χ1v) is 10.4. The van der Waals surface area contributed by atoms with Gasteiger partial charge in [-0.1, -0.05) is 5.92 Å². The molecular weight excluding hydrogens is 364 g/mol. The number of benzene rings is 1. The molecule has 0 aromatic heterocycles. The zero-order valence-corrected chi connectivity index (χ0v) is 17.9. The number of hydrogen-bond acceptors (Lipinski definition) is 4. The first-order chi connectivity index (χ1) is 13.8. The highest BCUT2D eigenvalue weighted by Gasteiger charge is 2.48. The fourth-order valence-electron chi connectivity index (χ4n) is 5.28. The summed E-state index contributed by atoms with van der Waals surface area (Å²) in [5.74, 6) is 6.34. The van der Waals surface area contributed by atoms with Gasteiger partial charge >= 0.3 is 0 Å². The molecule has 2 aliphatic rings. The molecule has 0 radical (unpaired) electrons. The van der Waals surface area contributed by atoms with Gasteiger partial charge in [0.1, 0.15) is 29.0 Å². The van der Waals surface area contributed by atoms with Gasteiger partial charge < -0.3 is 9.53 Å². The van der Waals surface area contributed by atoms with Crippen molar-refractivity contribution < 1.29 is 19.1 Å². The van der Waals surface area contributed by atoms with E-state index in [1.165, 1.54) is 0 Å². The topological polar surface area (TPSA) is 60.4 Å². The van der Waals surface area contributed by atoms with Gasteiger partial charge in [-0.3, -0.25) is 9.59 Å². The molecule has 0 heterocycles. The van der Waals surface area contributed by atoms with Gasteiger partial charge in [-0.05, 0) is 75.5 Å². The maximum Gasteiger partial charge on any atom is 0.148 e. The molecule has 1 spiro atoms. The van der Waals surface area contributed by atoms with Crippen molar-refractivity contribution in [3.05, 3.63) is 28.8 Å². The number of aryl methyl sites for hydroxylation is 1. The number of carbonyl (C=O) groups is 3. The average Bonchev–Trinajstić information content (AvgIpc) is 2.64. The third kappa shape index (κ3) is 4.45. The van der Waals surface area contributed by atoms with E-state index in [1.54, 1.807) is 21.0 Å². The summed E-state index contributed by atoms with van der Waals surface area (Å²) in [7, 11) is 1.57. The number of methoxy groups -OCH3 is 1. The number of hydrogen-bond donors (Lipinski definition) is 0. The lowest BCUT2D eigenvalue weighted by atomic mass is 9.59. The zero-order valence-electron chi connectivity index (χ0n) is 17.9. The maximum atomic E-state index is 13.2. The predicted molar refractivity (Wildman–Crippen MR) is 112 cm³/mol. The molecule has 4 heteroatoms. The quantitative estimate of drug-likeness (QED) is 0.555. The normalized spacial score (nSPS) is 26.8. The van der Waals surface area contributed by atoms with Crippen molar-refractivity contribution in [2.75, 3.05) is 7.11 Å². The molecular formula is C25H30O4. The minimum Gasteiger partial charge on any atom is -0.496 e. The Morgan fingerprint density at radius 2 is 1.79 bits per heavy atom. The molecule has 0 amide bonds. The van der Waals surface area contributed by atoms with E-state index in [-0.39, 0.29) is 22.8 Å². The summed E-state index contributed by atoms with van der Waals surface area (Å²) < 4.78 is 5.55. The fourth-order valence-corrected chi connectivity index (χ4v) is 5.28. The molecule has 0 unspecified atom stereocenters. The molecule has 0 atom stereocenters. The number of ether oxygens (including phenoxy) is 1. The van der Waals surface area contributed by atoms with E-state index in [9.17, 15) is 14.4 Å². The Morgan fingerprint density at radius 1 is 1.17 bits per heavy atom. The van der Waals surface area contributed by atoms with Gasteiger partial charge in [0.25, 0.3) is 0 Å². The molecule has 3 rings (SSSR count). The molecule has 0 N–H and O–H groups in total. The summed E-state index contributed by atoms with van der Waals surface area (Å²) in [5.41, 5.74) is 2.17. The van der Waals surface area contributed by atoms with Crippen LogP contribution in [-0.4, -0.2) is 24.5 Å². The second-order valence-corrected chi connectivity index (χ2v) is 8.85. The van der Waals surface area contributed by atoms with Crippen molar-refractivity contribution in [3.63, 3.8) is 0 Å². The van der Waals surface area contributed by atoms with Gasteiger partial charge in [0.15, 0.2) is 0 Å². The van der Waals surface area contributed by atoms with Crippen molar-refractivity contribution in [3.8, 4) is 17.6 Å². The molecule has 4 nitrogen and oxygen atoms in total. The Bertz CT molecular complexity index is 871. The number of ketones is 3. The smallest absolute Gasteiger partial charge is 0.148 e. The SMILES string of the molecule is CC#Cc1cc(C)c(C2C(=O)CC3(CCC(CC(C)=O)CC3)CC2=O)c(OC)c1. The lowest BCUT2D eigenvalue weighted by molar-refractivity contribution is -0.138. The van der Waals surface area contributed by atoms with Crippen LogP contribution in [0.25, 0.3) is 0 Å². The highest BCUT2D eigenvalue weighted by Crippen LogP contribution is 2.51. The van der Waals surface area contributed by atoms with Gasteiger partial charge in [-0.2, -0.15) is 0 Å². The Morgan fingerprint density at radius 3 is 2.31 bits per heavy atom. The molecule has 1 aromatic rings. The molecule has 29 heavy (non-hydrogen) atoms. The van der Waals surface area contributed by atoms with E-state index in [0.717, 1.165) is 36.8 Å². The van der Waals surface area contributed by atoms with Crippen molar-refractivity contribution in [2.45, 2.75) is 71.6 Å². The zero-order chi connectivity index (χ0) is 21.2. The molecule has 154 valence electrons. The first kappa shape index (κ1) is 21.3. The highest BCUT2D eigenvalue weighted by atomic mass is 16.5. The Kier molecular flexibility index (Phi) is 6.27. The van der Waals surface area contributed by atoms with Crippen molar-refractivity contribution in [2.24, 2.45) is 11.3 Å². The molecule has 0 aliphatic heterocycles. The van der Waals surface area contributed by atoms with Gasteiger partial charge in [-0.15, -0.1) is 5.92 Å². The number of carbonyl (C=O) groups excluding carboxylic acids is 3. The predicted octanol–water partition coefficient (Wildman–Crippen LogP) is 4.55. The molecule has 0 saturated heterocycles. The number of rotatable bonds is 4. The van der Waals surface area contributed by atoms with Crippen LogP contribution in [0.2, 0.25) is 0 Å². The fraction of sp³-hybridized carbons (Fsp3) is 0.560. The van der Waals surface area contributed by atoms with Gasteiger partial charge in [0.2, 0.25) is 0 Å². The molecule has 2 aliphatic carbocycles. The van der Waals surface area contributed by atoms with Crippen molar-refractivity contribution in [1.82, 2.24) is 0 Å². The molecule has 1 aromatic carbocycles. The van der Waals surface area contributed by atoms with Crippen LogP contribution in [0.3, 0.4) is 0 Å². The molecule has 2 fully saturated rings. The van der Waals surface area contributed by atoms with E-state index in [4.69, 9.17) is 4.74 Å². The Balaban J connectivity index is 1.83. The van der Waals surface area contributed by atoms with E-state index >= 15 is 0 Å². The summed E-state index contributed by atoms with van der Waals surface area (Å²) in [4.78, 5) is 37.8. The number of Topliss-reactive ketones (excluding diaryl/α,β-unsaturated/α-hetero) is 3. The van der Waals surface area contributed by atoms with Crippen molar-refractivity contribution in [1.29, 1.82) is 0 Å². The summed E-state index contributed by atoms with van der Waals surface area (Å²) in [6, 6.07) is 3.74. The van der Waals surface area contributed by atoms with Crippen LogP contribution >= 0.6 is 0 Å². The Hall–Kier alpha value is -2.41. The lowest BCUT2D eigenvalue weighted by Gasteiger charge is -2.43. The van der Waals surface area contributed by atoms with E-state index < -0.39 is 5.92 Å². The lowest BCUT2D eigenvalue weighted by Crippen LogP contribution is -2.42. The van der Waals surface area contributed by atoms with Crippen LogP contribution in [0, 0.1) is 30.1 Å². The van der Waals surface area contributed by atoms with E-state index in [0.29, 0.717) is 36.5 Å². The highest BCUT2D eigenvalue weighted by molar-refractivity contribution is 6.11. The average molecular weight is 395 g/mol. The molecule has 0 bridgehead atoms. The largest absolute Gasteiger partial charge is 0.496 e. The summed E-state index contributed by atoms with van der Waals surface area (Å²) in [6.07, 6.45) is 5.07. The Labute approximate surface area is 173 Å². The van der Waals surface area contributed by atoms with Crippen LogP contribution in [0.4, 0.5) is 0 Å². The minimum absolute atomic E-state index is 0.00185. The van der Waals surface area contributed by atoms with Crippen LogP contribution < -0.4 is 4.74 Å². The van der Waals surface area contributed by atoms with E-state index in [1.807, 2.05) is 19.1 Å². The van der Waals surface area contributed by atoms with Crippen LogP contribution in [0.15, 0.2) is 12.1 Å². The summed E-state index contributed by atoms with van der Waals surface area (Å²) >= 11 is 0. The third-order valence-corrected chi connectivity index (χ3v) is 6.61. The molecule has 2 saturated carbocycles. The third-order valence-electron chi connectivity index (χ3n) is 6.61. The monoisotopic (exact) mass is 394 g/mol. The summed E-state index contributed by atoms with van der Waals surface area (Å²) in [5, 5.41) is 0. The second-order valence-electron chi connectivity index (χ2n) is 8.85. The first-order valence-electron chi connectivity index (χ1n) is 10.4.